The number of aromatic nitrogens is 3. The molecule has 0 fully saturated rings. The van der Waals surface area contributed by atoms with Crippen LogP contribution in [0.1, 0.15) is 34.6 Å². The van der Waals surface area contributed by atoms with Gasteiger partial charge in [0, 0.05) is 12.7 Å². The molecule has 1 atom stereocenters. The van der Waals surface area contributed by atoms with Crippen LogP contribution in [-0.4, -0.2) is 50.0 Å². The minimum absolute atomic E-state index is 0.123. The number of carbonyl (C=O) groups is 2. The zero-order valence-electron chi connectivity index (χ0n) is 12.8. The number of hydrogen-bond donors (Lipinski definition) is 2. The van der Waals surface area contributed by atoms with E-state index >= 15 is 0 Å². The van der Waals surface area contributed by atoms with E-state index < -0.39 is 18.1 Å². The SMILES string of the molecule is COC(C)c1c(C(=O)O)cnn2cc(C)nc12.O=C(O)C(F)(F)F. The Bertz CT molecular complexity index is 757. The minimum atomic E-state index is -5.08. The number of carboxylic acids is 2. The van der Waals surface area contributed by atoms with Crippen LogP contribution in [-0.2, 0) is 9.53 Å². The van der Waals surface area contributed by atoms with Crippen molar-refractivity contribution in [2.24, 2.45) is 0 Å². The summed E-state index contributed by atoms with van der Waals surface area (Å²) in [5.74, 6) is -3.79. The molecule has 11 heteroatoms. The molecular formula is C13H14F3N3O5. The number of ether oxygens (including phenoxy) is 1. The number of aliphatic carboxylic acids is 1. The van der Waals surface area contributed by atoms with E-state index in [1.807, 2.05) is 6.92 Å². The lowest BCUT2D eigenvalue weighted by atomic mass is 10.1. The molecule has 24 heavy (non-hydrogen) atoms. The van der Waals surface area contributed by atoms with Gasteiger partial charge in [0.05, 0.1) is 29.8 Å². The number of methoxy groups -OCH3 is 1. The Labute approximate surface area is 133 Å². The van der Waals surface area contributed by atoms with Crippen molar-refractivity contribution < 1.29 is 37.7 Å². The standard InChI is InChI=1S/C11H13N3O3.C2HF3O2/c1-6-5-14-10(13-6)9(7(2)17-3)8(4-12-14)11(15)16;3-2(4,5)1(6)7/h4-5,7H,1-3H3,(H,15,16);(H,6,7). The summed E-state index contributed by atoms with van der Waals surface area (Å²) in [6.45, 7) is 3.61. The fourth-order valence-electron chi connectivity index (χ4n) is 1.76. The van der Waals surface area contributed by atoms with Gasteiger partial charge in [0.1, 0.15) is 0 Å². The first-order valence-electron chi connectivity index (χ1n) is 6.40. The highest BCUT2D eigenvalue weighted by Crippen LogP contribution is 2.24. The lowest BCUT2D eigenvalue weighted by molar-refractivity contribution is -0.192. The number of nitrogens with zero attached hydrogens (tertiary/aromatic N) is 3. The third-order valence-electron chi connectivity index (χ3n) is 2.88. The lowest BCUT2D eigenvalue weighted by Crippen LogP contribution is -2.21. The number of hydrogen-bond acceptors (Lipinski definition) is 5. The van der Waals surface area contributed by atoms with Crippen molar-refractivity contribution in [2.75, 3.05) is 7.11 Å². The van der Waals surface area contributed by atoms with Gasteiger partial charge in [0.25, 0.3) is 0 Å². The smallest absolute Gasteiger partial charge is 0.478 e. The second-order valence-corrected chi connectivity index (χ2v) is 4.61. The maximum Gasteiger partial charge on any atom is 0.490 e. The number of fused-ring (bicyclic) bond motifs is 1. The van der Waals surface area contributed by atoms with Crippen LogP contribution in [0.4, 0.5) is 13.2 Å². The summed E-state index contributed by atoms with van der Waals surface area (Å²) in [7, 11) is 1.53. The molecule has 0 amide bonds. The quantitative estimate of drug-likeness (QED) is 0.872. The Morgan fingerprint density at radius 3 is 2.29 bits per heavy atom. The maximum absolute atomic E-state index is 11.2. The van der Waals surface area contributed by atoms with Gasteiger partial charge in [-0.2, -0.15) is 18.3 Å². The van der Waals surface area contributed by atoms with E-state index in [0.717, 1.165) is 5.69 Å². The minimum Gasteiger partial charge on any atom is -0.478 e. The highest BCUT2D eigenvalue weighted by atomic mass is 19.4. The number of carboxylic acid groups (broad SMARTS) is 2. The van der Waals surface area contributed by atoms with Crippen molar-refractivity contribution in [3.63, 3.8) is 0 Å². The molecule has 0 aromatic carbocycles. The topological polar surface area (TPSA) is 114 Å². The molecule has 0 spiro atoms. The molecule has 0 aliphatic carbocycles. The van der Waals surface area contributed by atoms with E-state index in [2.05, 4.69) is 10.1 Å². The molecular weight excluding hydrogens is 335 g/mol. The van der Waals surface area contributed by atoms with Crippen LogP contribution < -0.4 is 0 Å². The molecule has 2 aromatic rings. The predicted molar refractivity (Wildman–Crippen MR) is 73.8 cm³/mol. The highest BCUT2D eigenvalue weighted by molar-refractivity contribution is 5.91. The number of alkyl halides is 3. The van der Waals surface area contributed by atoms with Crippen LogP contribution in [0, 0.1) is 6.92 Å². The zero-order chi connectivity index (χ0) is 18.7. The Morgan fingerprint density at radius 2 is 1.88 bits per heavy atom. The van der Waals surface area contributed by atoms with Crippen LogP contribution in [0.5, 0.6) is 0 Å². The maximum atomic E-state index is 11.2. The van der Waals surface area contributed by atoms with Crippen LogP contribution in [0.2, 0.25) is 0 Å². The molecule has 2 aromatic heterocycles. The van der Waals surface area contributed by atoms with Gasteiger partial charge in [-0.25, -0.2) is 19.1 Å². The van der Waals surface area contributed by atoms with Crippen molar-refractivity contribution in [1.29, 1.82) is 0 Å². The molecule has 8 nitrogen and oxygen atoms in total. The average Bonchev–Trinajstić information content (AvgIpc) is 2.84. The summed E-state index contributed by atoms with van der Waals surface area (Å²) >= 11 is 0. The average molecular weight is 349 g/mol. The number of aromatic carboxylic acids is 1. The molecule has 0 saturated heterocycles. The summed E-state index contributed by atoms with van der Waals surface area (Å²) in [5.41, 5.74) is 1.97. The van der Waals surface area contributed by atoms with Crippen molar-refractivity contribution in [3.05, 3.63) is 29.2 Å². The predicted octanol–water partition coefficient (Wildman–Crippen LogP) is 2.08. The zero-order valence-corrected chi connectivity index (χ0v) is 12.8. The van der Waals surface area contributed by atoms with Gasteiger partial charge in [0.2, 0.25) is 0 Å². The first kappa shape index (κ1) is 19.4. The fraction of sp³-hybridized carbons (Fsp3) is 0.385. The van der Waals surface area contributed by atoms with Crippen LogP contribution >= 0.6 is 0 Å². The normalized spacial score (nSPS) is 12.4. The van der Waals surface area contributed by atoms with Gasteiger partial charge in [-0.05, 0) is 13.8 Å². The van der Waals surface area contributed by atoms with E-state index in [4.69, 9.17) is 19.7 Å². The summed E-state index contributed by atoms with van der Waals surface area (Å²) in [5, 5.41) is 20.3. The van der Waals surface area contributed by atoms with Crippen molar-refractivity contribution in [2.45, 2.75) is 26.1 Å². The monoisotopic (exact) mass is 349 g/mol. The number of halogens is 3. The summed E-state index contributed by atoms with van der Waals surface area (Å²) in [4.78, 5) is 24.3. The molecule has 2 N–H and O–H groups in total. The summed E-state index contributed by atoms with van der Waals surface area (Å²) in [6.07, 6.45) is -2.37. The fourth-order valence-corrected chi connectivity index (χ4v) is 1.76. The molecule has 0 radical (unpaired) electrons. The van der Waals surface area contributed by atoms with Crippen molar-refractivity contribution in [3.8, 4) is 0 Å². The first-order chi connectivity index (χ1) is 11.0. The van der Waals surface area contributed by atoms with Crippen LogP contribution in [0.25, 0.3) is 5.65 Å². The van der Waals surface area contributed by atoms with Crippen LogP contribution in [0.3, 0.4) is 0 Å². The third-order valence-corrected chi connectivity index (χ3v) is 2.88. The second-order valence-electron chi connectivity index (χ2n) is 4.61. The van der Waals surface area contributed by atoms with Crippen molar-refractivity contribution >= 4 is 17.6 Å². The number of aryl methyl sites for hydroxylation is 1. The van der Waals surface area contributed by atoms with Gasteiger partial charge >= 0.3 is 18.1 Å². The Morgan fingerprint density at radius 1 is 1.33 bits per heavy atom. The lowest BCUT2D eigenvalue weighted by Gasteiger charge is -2.13. The molecule has 1 unspecified atom stereocenters. The van der Waals surface area contributed by atoms with E-state index in [9.17, 15) is 18.0 Å². The number of imidazole rings is 1. The van der Waals surface area contributed by atoms with Gasteiger partial charge in [-0.15, -0.1) is 0 Å². The molecule has 2 heterocycles. The molecule has 0 saturated carbocycles. The summed E-state index contributed by atoms with van der Waals surface area (Å²) < 4.78 is 38.5. The highest BCUT2D eigenvalue weighted by Gasteiger charge is 2.38. The third kappa shape index (κ3) is 4.41. The summed E-state index contributed by atoms with van der Waals surface area (Å²) in [6, 6.07) is 0. The van der Waals surface area contributed by atoms with Gasteiger partial charge < -0.3 is 14.9 Å². The van der Waals surface area contributed by atoms with Crippen molar-refractivity contribution in [1.82, 2.24) is 14.6 Å². The van der Waals surface area contributed by atoms with E-state index in [-0.39, 0.29) is 11.7 Å². The Kier molecular flexibility index (Phi) is 5.85. The molecule has 2 rings (SSSR count). The first-order valence-corrected chi connectivity index (χ1v) is 6.40. The molecule has 0 bridgehead atoms. The molecule has 132 valence electrons. The number of rotatable bonds is 3. The van der Waals surface area contributed by atoms with Crippen LogP contribution in [0.15, 0.2) is 12.4 Å². The molecule has 0 aliphatic rings. The van der Waals surface area contributed by atoms with Gasteiger partial charge in [0.15, 0.2) is 5.65 Å². The largest absolute Gasteiger partial charge is 0.490 e. The Hall–Kier alpha value is -2.69. The Balaban J connectivity index is 0.000000351. The second kappa shape index (κ2) is 7.25. The van der Waals surface area contributed by atoms with Gasteiger partial charge in [-0.3, -0.25) is 0 Å². The van der Waals surface area contributed by atoms with E-state index in [0.29, 0.717) is 11.2 Å². The molecule has 0 aliphatic heterocycles. The van der Waals surface area contributed by atoms with Gasteiger partial charge in [-0.1, -0.05) is 0 Å². The van der Waals surface area contributed by atoms with E-state index in [1.165, 1.54) is 13.3 Å². The van der Waals surface area contributed by atoms with E-state index in [1.54, 1.807) is 17.6 Å².